The molecule has 6 heteroatoms. The number of hydrogen-bond acceptors (Lipinski definition) is 5. The second-order valence-corrected chi connectivity index (χ2v) is 5.99. The summed E-state index contributed by atoms with van der Waals surface area (Å²) >= 11 is 1.54. The Kier molecular flexibility index (Phi) is 3.68. The molecule has 1 aliphatic carbocycles. The molecule has 18 heavy (non-hydrogen) atoms. The predicted octanol–water partition coefficient (Wildman–Crippen LogP) is 1.98. The Balaban J connectivity index is 2.03. The first-order chi connectivity index (χ1) is 8.47. The average molecular weight is 270 g/mol. The molecule has 5 nitrogen and oxygen atoms in total. The van der Waals surface area contributed by atoms with E-state index in [2.05, 4.69) is 10.3 Å². The van der Waals surface area contributed by atoms with Crippen LogP contribution in [0.4, 0.5) is 0 Å². The predicted molar refractivity (Wildman–Crippen MR) is 68.9 cm³/mol. The SMILES string of the molecule is CNC1(C(=O)O)CCC(Sc2nc(C)c(C)o2)C1. The molecular weight excluding hydrogens is 252 g/mol. The van der Waals surface area contributed by atoms with Crippen LogP contribution in [0, 0.1) is 13.8 Å². The normalized spacial score (nSPS) is 27.6. The highest BCUT2D eigenvalue weighted by Gasteiger charge is 2.45. The van der Waals surface area contributed by atoms with Crippen LogP contribution in [0.25, 0.3) is 0 Å². The molecule has 0 spiro atoms. The molecule has 1 heterocycles. The van der Waals surface area contributed by atoms with Crippen LogP contribution in [-0.2, 0) is 4.79 Å². The van der Waals surface area contributed by atoms with E-state index in [-0.39, 0.29) is 5.25 Å². The number of thioether (sulfide) groups is 1. The quantitative estimate of drug-likeness (QED) is 0.871. The van der Waals surface area contributed by atoms with Gasteiger partial charge in [0.2, 0.25) is 0 Å². The van der Waals surface area contributed by atoms with E-state index in [9.17, 15) is 9.90 Å². The van der Waals surface area contributed by atoms with Gasteiger partial charge in [0.1, 0.15) is 11.3 Å². The Morgan fingerprint density at radius 1 is 1.61 bits per heavy atom. The minimum atomic E-state index is -0.783. The maximum atomic E-state index is 11.3. The van der Waals surface area contributed by atoms with Crippen LogP contribution in [0.15, 0.2) is 9.64 Å². The number of likely N-dealkylation sites (N-methyl/N-ethyl adjacent to an activating group) is 1. The number of nitrogens with one attached hydrogen (secondary N) is 1. The summed E-state index contributed by atoms with van der Waals surface area (Å²) in [6.07, 6.45) is 2.11. The van der Waals surface area contributed by atoms with Crippen LogP contribution in [0.3, 0.4) is 0 Å². The van der Waals surface area contributed by atoms with Gasteiger partial charge >= 0.3 is 5.97 Å². The van der Waals surface area contributed by atoms with E-state index in [4.69, 9.17) is 4.42 Å². The largest absolute Gasteiger partial charge is 0.480 e. The molecule has 0 saturated heterocycles. The van der Waals surface area contributed by atoms with Crippen molar-refractivity contribution in [2.45, 2.75) is 49.1 Å². The number of rotatable bonds is 4. The van der Waals surface area contributed by atoms with Gasteiger partial charge < -0.3 is 14.8 Å². The molecule has 2 N–H and O–H groups in total. The number of carbonyl (C=O) groups is 1. The van der Waals surface area contributed by atoms with Crippen LogP contribution in [0.2, 0.25) is 0 Å². The summed E-state index contributed by atoms with van der Waals surface area (Å²) in [6.45, 7) is 3.79. The lowest BCUT2D eigenvalue weighted by atomic mass is 9.99. The molecule has 1 aromatic rings. The summed E-state index contributed by atoms with van der Waals surface area (Å²) in [5, 5.41) is 13.1. The van der Waals surface area contributed by atoms with Crippen LogP contribution >= 0.6 is 11.8 Å². The number of aromatic nitrogens is 1. The first-order valence-electron chi connectivity index (χ1n) is 6.00. The highest BCUT2D eigenvalue weighted by molar-refractivity contribution is 7.99. The van der Waals surface area contributed by atoms with Crippen LogP contribution in [-0.4, -0.2) is 33.9 Å². The highest BCUT2D eigenvalue weighted by Crippen LogP contribution is 2.40. The molecule has 2 atom stereocenters. The van der Waals surface area contributed by atoms with E-state index in [1.54, 1.807) is 18.8 Å². The Bertz CT molecular complexity index is 441. The van der Waals surface area contributed by atoms with Gasteiger partial charge in [0.05, 0.1) is 5.69 Å². The zero-order valence-corrected chi connectivity index (χ0v) is 11.6. The lowest BCUT2D eigenvalue weighted by Gasteiger charge is -2.23. The number of hydrogen-bond donors (Lipinski definition) is 2. The van der Waals surface area contributed by atoms with Crippen LogP contribution < -0.4 is 5.32 Å². The average Bonchev–Trinajstić information content (AvgIpc) is 2.85. The standard InChI is InChI=1S/C12H18N2O3S/c1-7-8(2)17-11(14-7)18-9-4-5-12(6-9,13-3)10(15)16/h9,13H,4-6H2,1-3H3,(H,15,16). The van der Waals surface area contributed by atoms with Crippen molar-refractivity contribution in [3.05, 3.63) is 11.5 Å². The van der Waals surface area contributed by atoms with Gasteiger partial charge in [-0.05, 0) is 40.2 Å². The summed E-state index contributed by atoms with van der Waals surface area (Å²) in [4.78, 5) is 15.6. The Morgan fingerprint density at radius 3 is 2.78 bits per heavy atom. The number of carboxylic acids is 1. The molecule has 0 aromatic carbocycles. The summed E-state index contributed by atoms with van der Waals surface area (Å²) < 4.78 is 5.52. The summed E-state index contributed by atoms with van der Waals surface area (Å²) in [6, 6.07) is 0. The summed E-state index contributed by atoms with van der Waals surface area (Å²) in [7, 11) is 1.71. The highest BCUT2D eigenvalue weighted by atomic mass is 32.2. The third kappa shape index (κ3) is 2.40. The minimum absolute atomic E-state index is 0.242. The van der Waals surface area contributed by atoms with Gasteiger partial charge in [0, 0.05) is 5.25 Å². The zero-order valence-electron chi connectivity index (χ0n) is 10.8. The number of nitrogens with zero attached hydrogens (tertiary/aromatic N) is 1. The van der Waals surface area contributed by atoms with Crippen molar-refractivity contribution in [2.75, 3.05) is 7.05 Å². The van der Waals surface area contributed by atoms with Crippen molar-refractivity contribution in [1.29, 1.82) is 0 Å². The van der Waals surface area contributed by atoms with Crippen molar-refractivity contribution < 1.29 is 14.3 Å². The van der Waals surface area contributed by atoms with Crippen LogP contribution in [0.5, 0.6) is 0 Å². The van der Waals surface area contributed by atoms with E-state index < -0.39 is 11.5 Å². The van der Waals surface area contributed by atoms with Crippen molar-refractivity contribution >= 4 is 17.7 Å². The molecule has 100 valence electrons. The molecule has 0 radical (unpaired) electrons. The second kappa shape index (κ2) is 4.93. The third-order valence-electron chi connectivity index (χ3n) is 3.63. The maximum absolute atomic E-state index is 11.3. The van der Waals surface area contributed by atoms with Gasteiger partial charge in [0.15, 0.2) is 0 Å². The lowest BCUT2D eigenvalue weighted by molar-refractivity contribution is -0.144. The summed E-state index contributed by atoms with van der Waals surface area (Å²) in [5.74, 6) is 0.0569. The second-order valence-electron chi connectivity index (χ2n) is 4.74. The van der Waals surface area contributed by atoms with Crippen molar-refractivity contribution in [3.63, 3.8) is 0 Å². The minimum Gasteiger partial charge on any atom is -0.480 e. The molecule has 1 aromatic heterocycles. The van der Waals surface area contributed by atoms with Gasteiger partial charge in [0.25, 0.3) is 5.22 Å². The third-order valence-corrected chi connectivity index (χ3v) is 4.75. The van der Waals surface area contributed by atoms with E-state index >= 15 is 0 Å². The maximum Gasteiger partial charge on any atom is 0.323 e. The van der Waals surface area contributed by atoms with Gasteiger partial charge in [-0.2, -0.15) is 0 Å². The van der Waals surface area contributed by atoms with Crippen molar-refractivity contribution in [2.24, 2.45) is 0 Å². The lowest BCUT2D eigenvalue weighted by Crippen LogP contribution is -2.48. The molecule has 0 bridgehead atoms. The number of carboxylic acid groups (broad SMARTS) is 1. The molecule has 0 aliphatic heterocycles. The van der Waals surface area contributed by atoms with Crippen molar-refractivity contribution in [1.82, 2.24) is 10.3 Å². The molecule has 1 saturated carbocycles. The van der Waals surface area contributed by atoms with Crippen molar-refractivity contribution in [3.8, 4) is 0 Å². The van der Waals surface area contributed by atoms with Gasteiger partial charge in [-0.1, -0.05) is 11.8 Å². The summed E-state index contributed by atoms with van der Waals surface area (Å²) in [5.41, 5.74) is 0.113. The van der Waals surface area contributed by atoms with E-state index in [1.807, 2.05) is 13.8 Å². The molecule has 1 aliphatic rings. The molecular formula is C12H18N2O3S. The number of aliphatic carboxylic acids is 1. The molecule has 2 unspecified atom stereocenters. The molecule has 2 rings (SSSR count). The van der Waals surface area contributed by atoms with Gasteiger partial charge in [-0.15, -0.1) is 0 Å². The Morgan fingerprint density at radius 2 is 2.33 bits per heavy atom. The molecule has 1 fully saturated rings. The smallest absolute Gasteiger partial charge is 0.323 e. The number of oxazole rings is 1. The topological polar surface area (TPSA) is 75.4 Å². The van der Waals surface area contributed by atoms with E-state index in [1.165, 1.54) is 0 Å². The zero-order chi connectivity index (χ0) is 13.3. The molecule has 0 amide bonds. The van der Waals surface area contributed by atoms with Gasteiger partial charge in [-0.3, -0.25) is 4.79 Å². The monoisotopic (exact) mass is 270 g/mol. The van der Waals surface area contributed by atoms with Gasteiger partial charge in [-0.25, -0.2) is 4.98 Å². The fourth-order valence-corrected chi connectivity index (χ4v) is 3.52. The number of aryl methyl sites for hydroxylation is 2. The first-order valence-corrected chi connectivity index (χ1v) is 6.88. The van der Waals surface area contributed by atoms with E-state index in [0.29, 0.717) is 18.1 Å². The Labute approximate surface area is 110 Å². The fraction of sp³-hybridized carbons (Fsp3) is 0.667. The van der Waals surface area contributed by atoms with E-state index in [0.717, 1.165) is 17.9 Å². The fourth-order valence-electron chi connectivity index (χ4n) is 2.27. The first kappa shape index (κ1) is 13.4. The van der Waals surface area contributed by atoms with Crippen LogP contribution in [0.1, 0.15) is 30.7 Å². The Hall–Kier alpha value is -1.01.